The van der Waals surface area contributed by atoms with Crippen LogP contribution in [0.2, 0.25) is 0 Å². The van der Waals surface area contributed by atoms with Gasteiger partial charge in [-0.1, -0.05) is 0 Å². The van der Waals surface area contributed by atoms with Crippen LogP contribution in [0.4, 0.5) is 13.2 Å². The van der Waals surface area contributed by atoms with E-state index in [9.17, 15) is 22.8 Å². The third-order valence-corrected chi connectivity index (χ3v) is 4.69. The first-order chi connectivity index (χ1) is 9.97. The minimum Gasteiger partial charge on any atom is -0.481 e. The normalized spacial score (nSPS) is 32.4. The Bertz CT molecular complexity index is 469. The predicted molar refractivity (Wildman–Crippen MR) is 70.0 cm³/mol. The van der Waals surface area contributed by atoms with Crippen LogP contribution in [-0.4, -0.2) is 41.4 Å². The van der Waals surface area contributed by atoms with Gasteiger partial charge in [-0.2, -0.15) is 13.2 Å². The molecule has 2 aliphatic rings. The number of aliphatic carboxylic acids is 1. The molecule has 2 fully saturated rings. The molecule has 0 aromatic carbocycles. The summed E-state index contributed by atoms with van der Waals surface area (Å²) in [5.74, 6) is -2.42. The summed E-state index contributed by atoms with van der Waals surface area (Å²) in [5.41, 5.74) is -3.07. The van der Waals surface area contributed by atoms with E-state index in [-0.39, 0.29) is 0 Å². The molecule has 0 bridgehead atoms. The molecule has 1 aliphatic carbocycles. The second-order valence-electron chi connectivity index (χ2n) is 6.76. The number of rotatable bonds is 3. The Hall–Kier alpha value is -1.31. The van der Waals surface area contributed by atoms with Crippen molar-refractivity contribution in [3.63, 3.8) is 0 Å². The Morgan fingerprint density at radius 3 is 2.32 bits per heavy atom. The third-order valence-electron chi connectivity index (χ3n) is 4.69. The number of nitrogens with one attached hydrogen (secondary N) is 1. The Morgan fingerprint density at radius 1 is 1.23 bits per heavy atom. The van der Waals surface area contributed by atoms with E-state index < -0.39 is 41.0 Å². The number of ether oxygens (including phenoxy) is 1. The number of carboxylic acids is 1. The molecule has 1 atom stereocenters. The highest BCUT2D eigenvalue weighted by atomic mass is 19.4. The molecule has 0 aromatic heterocycles. The van der Waals surface area contributed by atoms with Crippen LogP contribution >= 0.6 is 0 Å². The molecule has 2 rings (SSSR count). The minimum absolute atomic E-state index is 0.309. The van der Waals surface area contributed by atoms with E-state index >= 15 is 0 Å². The molecule has 1 heterocycles. The monoisotopic (exact) mass is 323 g/mol. The van der Waals surface area contributed by atoms with Crippen LogP contribution in [0.15, 0.2) is 0 Å². The zero-order valence-corrected chi connectivity index (χ0v) is 12.5. The van der Waals surface area contributed by atoms with Gasteiger partial charge in [-0.25, -0.2) is 0 Å². The van der Waals surface area contributed by atoms with Crippen molar-refractivity contribution in [2.24, 2.45) is 11.3 Å². The standard InChI is InChI=1S/C14H20F3NO4/c1-12(2,14(15,16)17)11(21)18-9-3-4-22-13(7-9)5-8(6-13)10(19)20/h8-9H,3-7H2,1-2H3,(H,18,21)(H,19,20). The summed E-state index contributed by atoms with van der Waals surface area (Å²) in [7, 11) is 0. The summed E-state index contributed by atoms with van der Waals surface area (Å²) in [6, 6.07) is -0.419. The van der Waals surface area contributed by atoms with E-state index in [1.165, 1.54) is 0 Å². The highest BCUT2D eigenvalue weighted by molar-refractivity contribution is 5.83. The molecule has 1 spiro atoms. The lowest BCUT2D eigenvalue weighted by Gasteiger charge is -2.50. The maximum atomic E-state index is 12.9. The van der Waals surface area contributed by atoms with Crippen LogP contribution in [0.3, 0.4) is 0 Å². The molecule has 22 heavy (non-hydrogen) atoms. The third kappa shape index (κ3) is 3.06. The van der Waals surface area contributed by atoms with Gasteiger partial charge in [-0.3, -0.25) is 9.59 Å². The van der Waals surface area contributed by atoms with E-state index in [4.69, 9.17) is 9.84 Å². The smallest absolute Gasteiger partial charge is 0.402 e. The van der Waals surface area contributed by atoms with Crippen molar-refractivity contribution in [1.82, 2.24) is 5.32 Å². The number of amides is 1. The summed E-state index contributed by atoms with van der Waals surface area (Å²) in [5, 5.41) is 11.4. The van der Waals surface area contributed by atoms with E-state index in [0.717, 1.165) is 13.8 Å². The van der Waals surface area contributed by atoms with Gasteiger partial charge in [-0.15, -0.1) is 0 Å². The van der Waals surface area contributed by atoms with E-state index in [1.54, 1.807) is 0 Å². The first kappa shape index (κ1) is 17.1. The maximum absolute atomic E-state index is 12.9. The number of carboxylic acid groups (broad SMARTS) is 1. The molecule has 2 N–H and O–H groups in total. The zero-order valence-electron chi connectivity index (χ0n) is 12.5. The Labute approximate surface area is 126 Å². The lowest BCUT2D eigenvalue weighted by molar-refractivity contribution is -0.213. The van der Waals surface area contributed by atoms with Gasteiger partial charge in [0, 0.05) is 12.6 Å². The summed E-state index contributed by atoms with van der Waals surface area (Å²) in [6.07, 6.45) is -3.14. The number of carbonyl (C=O) groups is 2. The summed E-state index contributed by atoms with van der Waals surface area (Å²) in [6.45, 7) is 2.01. The summed E-state index contributed by atoms with van der Waals surface area (Å²) >= 11 is 0. The van der Waals surface area contributed by atoms with Gasteiger partial charge in [0.05, 0.1) is 11.5 Å². The Balaban J connectivity index is 1.94. The molecule has 1 unspecified atom stereocenters. The average Bonchev–Trinajstić information content (AvgIpc) is 2.34. The van der Waals surface area contributed by atoms with Gasteiger partial charge >= 0.3 is 12.1 Å². The largest absolute Gasteiger partial charge is 0.481 e. The number of halogens is 3. The Kier molecular flexibility index (Phi) is 4.18. The summed E-state index contributed by atoms with van der Waals surface area (Å²) in [4.78, 5) is 22.8. The molecule has 1 saturated heterocycles. The van der Waals surface area contributed by atoms with Crippen LogP contribution in [-0.2, 0) is 14.3 Å². The number of carbonyl (C=O) groups excluding carboxylic acids is 1. The number of hydrogen-bond acceptors (Lipinski definition) is 3. The van der Waals surface area contributed by atoms with Gasteiger partial charge in [0.15, 0.2) is 0 Å². The second-order valence-corrected chi connectivity index (χ2v) is 6.76. The molecule has 1 amide bonds. The van der Waals surface area contributed by atoms with E-state index in [0.29, 0.717) is 32.3 Å². The lowest BCUT2D eigenvalue weighted by atomic mass is 9.66. The minimum atomic E-state index is -4.62. The predicted octanol–water partition coefficient (Wildman–Crippen LogP) is 2.10. The molecule has 1 aliphatic heterocycles. The van der Waals surface area contributed by atoms with Gasteiger partial charge < -0.3 is 15.2 Å². The van der Waals surface area contributed by atoms with Crippen LogP contribution in [0.5, 0.6) is 0 Å². The second kappa shape index (κ2) is 5.40. The fourth-order valence-electron chi connectivity index (χ4n) is 2.94. The van der Waals surface area contributed by atoms with Crippen molar-refractivity contribution < 1.29 is 32.6 Å². The first-order valence-electron chi connectivity index (χ1n) is 7.21. The fourth-order valence-corrected chi connectivity index (χ4v) is 2.94. The fraction of sp³-hybridized carbons (Fsp3) is 0.857. The van der Waals surface area contributed by atoms with Gasteiger partial charge in [0.1, 0.15) is 5.41 Å². The van der Waals surface area contributed by atoms with Crippen molar-refractivity contribution in [2.75, 3.05) is 6.61 Å². The molecule has 8 heteroatoms. The highest BCUT2D eigenvalue weighted by Crippen LogP contribution is 2.47. The molecule has 126 valence electrons. The number of alkyl halides is 3. The van der Waals surface area contributed by atoms with Crippen molar-refractivity contribution in [3.8, 4) is 0 Å². The molecule has 0 radical (unpaired) electrons. The van der Waals surface area contributed by atoms with Gasteiger partial charge in [0.25, 0.3) is 0 Å². The van der Waals surface area contributed by atoms with Gasteiger partial charge in [0.2, 0.25) is 5.91 Å². The van der Waals surface area contributed by atoms with Crippen LogP contribution in [0, 0.1) is 11.3 Å². The summed E-state index contributed by atoms with van der Waals surface area (Å²) < 4.78 is 44.2. The number of hydrogen-bond donors (Lipinski definition) is 2. The van der Waals surface area contributed by atoms with E-state index in [1.807, 2.05) is 0 Å². The van der Waals surface area contributed by atoms with Gasteiger partial charge in [-0.05, 0) is 39.5 Å². The topological polar surface area (TPSA) is 75.6 Å². The van der Waals surface area contributed by atoms with E-state index in [2.05, 4.69) is 5.32 Å². The SMILES string of the molecule is CC(C)(C(=O)NC1CCOC2(C1)CC(C(=O)O)C2)C(F)(F)F. The maximum Gasteiger partial charge on any atom is 0.402 e. The van der Waals surface area contributed by atoms with Crippen LogP contribution < -0.4 is 5.32 Å². The zero-order chi connectivity index (χ0) is 16.8. The molecule has 1 saturated carbocycles. The first-order valence-corrected chi connectivity index (χ1v) is 7.21. The quantitative estimate of drug-likeness (QED) is 0.834. The van der Waals surface area contributed by atoms with Crippen molar-refractivity contribution in [3.05, 3.63) is 0 Å². The Morgan fingerprint density at radius 2 is 1.82 bits per heavy atom. The lowest BCUT2D eigenvalue weighted by Crippen LogP contribution is -2.58. The average molecular weight is 323 g/mol. The molecular weight excluding hydrogens is 303 g/mol. The molecule has 0 aromatic rings. The van der Waals surface area contributed by atoms with Crippen LogP contribution in [0.1, 0.15) is 39.5 Å². The van der Waals surface area contributed by atoms with Crippen LogP contribution in [0.25, 0.3) is 0 Å². The van der Waals surface area contributed by atoms with Crippen molar-refractivity contribution in [1.29, 1.82) is 0 Å². The van der Waals surface area contributed by atoms with Crippen molar-refractivity contribution in [2.45, 2.75) is 57.3 Å². The highest BCUT2D eigenvalue weighted by Gasteiger charge is 2.55. The molecular formula is C14H20F3NO4. The van der Waals surface area contributed by atoms with Crippen molar-refractivity contribution >= 4 is 11.9 Å². The molecule has 5 nitrogen and oxygen atoms in total.